The smallest absolute Gasteiger partial charge is 0.135 e. The maximum atomic E-state index is 6.19. The lowest BCUT2D eigenvalue weighted by Gasteiger charge is -2.03. The largest absolute Gasteiger partial charge is 0.460 e. The Morgan fingerprint density at radius 1 is 1.00 bits per heavy atom. The van der Waals surface area contributed by atoms with Crippen molar-refractivity contribution < 1.29 is 4.42 Å². The van der Waals surface area contributed by atoms with E-state index < -0.39 is 0 Å². The molecule has 128 valence electrons. The first-order chi connectivity index (χ1) is 10.7. The molecule has 0 radical (unpaired) electrons. The predicted octanol–water partition coefficient (Wildman–Crippen LogP) is 5.78. The molecule has 0 amide bonds. The van der Waals surface area contributed by atoms with E-state index >= 15 is 0 Å². The number of hydrogen-bond donors (Lipinski definition) is 1. The molecule has 0 bridgehead atoms. The van der Waals surface area contributed by atoms with Gasteiger partial charge in [-0.25, -0.2) is 0 Å². The van der Waals surface area contributed by atoms with Crippen molar-refractivity contribution in [3.8, 4) is 11.3 Å². The van der Waals surface area contributed by atoms with E-state index in [2.05, 4.69) is 10.3 Å². The Morgan fingerprint density at radius 3 is 2.54 bits per heavy atom. The minimum atomic E-state index is 0. The first-order valence-electron chi connectivity index (χ1n) is 6.86. The van der Waals surface area contributed by atoms with Gasteiger partial charge in [-0.15, -0.1) is 24.8 Å². The quantitative estimate of drug-likeness (QED) is 0.584. The van der Waals surface area contributed by atoms with Gasteiger partial charge in [0.1, 0.15) is 11.5 Å². The first kappa shape index (κ1) is 20.8. The molecule has 24 heavy (non-hydrogen) atoms. The van der Waals surface area contributed by atoms with Crippen LogP contribution in [-0.4, -0.2) is 4.98 Å². The van der Waals surface area contributed by atoms with Crippen molar-refractivity contribution in [1.82, 2.24) is 10.3 Å². The van der Waals surface area contributed by atoms with Crippen LogP contribution in [0, 0.1) is 0 Å². The zero-order chi connectivity index (χ0) is 15.4. The van der Waals surface area contributed by atoms with Crippen LogP contribution in [0.5, 0.6) is 0 Å². The third-order valence-electron chi connectivity index (χ3n) is 3.21. The van der Waals surface area contributed by atoms with Crippen molar-refractivity contribution in [2.75, 3.05) is 0 Å². The number of pyridine rings is 1. The van der Waals surface area contributed by atoms with Gasteiger partial charge in [-0.05, 0) is 42.0 Å². The van der Waals surface area contributed by atoms with Gasteiger partial charge in [-0.2, -0.15) is 0 Å². The highest BCUT2D eigenvalue weighted by molar-refractivity contribution is 6.36. The zero-order valence-electron chi connectivity index (χ0n) is 12.5. The number of nitrogens with one attached hydrogen (secondary N) is 1. The molecular formula is C17H16Cl4N2O. The summed E-state index contributed by atoms with van der Waals surface area (Å²) in [5.41, 5.74) is 1.97. The fourth-order valence-electron chi connectivity index (χ4n) is 2.14. The number of nitrogens with zero attached hydrogens (tertiary/aromatic N) is 1. The normalized spacial score (nSPS) is 9.92. The summed E-state index contributed by atoms with van der Waals surface area (Å²) in [5.74, 6) is 1.59. The minimum Gasteiger partial charge on any atom is -0.460 e. The lowest BCUT2D eigenvalue weighted by molar-refractivity contribution is 0.493. The summed E-state index contributed by atoms with van der Waals surface area (Å²) >= 11 is 12.1. The SMILES string of the molecule is Cl.Cl.Clc1ccc(-c2ccc(CNCc3cccnc3)o2)c(Cl)c1. The average Bonchev–Trinajstić information content (AvgIpc) is 2.97. The number of hydrogen-bond acceptors (Lipinski definition) is 3. The van der Waals surface area contributed by atoms with E-state index in [1.165, 1.54) is 0 Å². The Balaban J connectivity index is 0.00000144. The molecule has 0 unspecified atom stereocenters. The molecule has 0 aliphatic carbocycles. The van der Waals surface area contributed by atoms with Crippen LogP contribution in [0.2, 0.25) is 10.0 Å². The molecule has 0 saturated carbocycles. The summed E-state index contributed by atoms with van der Waals surface area (Å²) in [7, 11) is 0. The van der Waals surface area contributed by atoms with E-state index in [9.17, 15) is 0 Å². The molecule has 0 aliphatic rings. The molecule has 3 rings (SSSR count). The van der Waals surface area contributed by atoms with Crippen molar-refractivity contribution in [2.24, 2.45) is 0 Å². The van der Waals surface area contributed by atoms with Crippen LogP contribution in [0.4, 0.5) is 0 Å². The van der Waals surface area contributed by atoms with Gasteiger partial charge in [0.15, 0.2) is 0 Å². The van der Waals surface area contributed by atoms with Crippen LogP contribution in [0.3, 0.4) is 0 Å². The number of benzene rings is 1. The Morgan fingerprint density at radius 2 is 1.83 bits per heavy atom. The average molecular weight is 406 g/mol. The van der Waals surface area contributed by atoms with Crippen LogP contribution < -0.4 is 5.32 Å². The molecule has 0 aliphatic heterocycles. The van der Waals surface area contributed by atoms with E-state index in [-0.39, 0.29) is 24.8 Å². The van der Waals surface area contributed by atoms with Gasteiger partial charge < -0.3 is 9.73 Å². The van der Waals surface area contributed by atoms with E-state index in [4.69, 9.17) is 27.6 Å². The van der Waals surface area contributed by atoms with E-state index in [0.29, 0.717) is 16.6 Å². The topological polar surface area (TPSA) is 38.1 Å². The van der Waals surface area contributed by atoms with Gasteiger partial charge >= 0.3 is 0 Å². The maximum Gasteiger partial charge on any atom is 0.135 e. The molecule has 3 aromatic rings. The maximum absolute atomic E-state index is 6.19. The van der Waals surface area contributed by atoms with Crippen LogP contribution >= 0.6 is 48.0 Å². The molecule has 0 spiro atoms. The third-order valence-corrected chi connectivity index (χ3v) is 3.76. The Labute approximate surface area is 163 Å². The number of aromatic nitrogens is 1. The third kappa shape index (κ3) is 5.40. The van der Waals surface area contributed by atoms with Gasteiger partial charge in [0.05, 0.1) is 11.6 Å². The van der Waals surface area contributed by atoms with E-state index in [1.807, 2.05) is 36.5 Å². The van der Waals surface area contributed by atoms with Gasteiger partial charge in [0.25, 0.3) is 0 Å². The standard InChI is InChI=1S/C17H14Cl2N2O.2ClH/c18-13-3-5-15(16(19)8-13)17-6-4-14(22-17)11-21-10-12-2-1-7-20-9-12;;/h1-9,21H,10-11H2;2*1H. The minimum absolute atomic E-state index is 0. The Hall–Kier alpha value is -1.23. The van der Waals surface area contributed by atoms with Gasteiger partial charge in [0.2, 0.25) is 0 Å². The molecule has 3 nitrogen and oxygen atoms in total. The zero-order valence-corrected chi connectivity index (χ0v) is 15.7. The van der Waals surface area contributed by atoms with E-state index in [0.717, 1.165) is 29.2 Å². The molecule has 2 heterocycles. The van der Waals surface area contributed by atoms with Crippen LogP contribution in [0.15, 0.2) is 59.3 Å². The van der Waals surface area contributed by atoms with Crippen LogP contribution in [-0.2, 0) is 13.1 Å². The summed E-state index contributed by atoms with van der Waals surface area (Å²) in [5, 5.41) is 4.51. The molecule has 0 saturated heterocycles. The molecule has 0 atom stereocenters. The number of halogens is 4. The highest BCUT2D eigenvalue weighted by Gasteiger charge is 2.09. The summed E-state index contributed by atoms with van der Waals surface area (Å²) in [6, 6.07) is 13.2. The highest BCUT2D eigenvalue weighted by atomic mass is 35.5. The lowest BCUT2D eigenvalue weighted by Crippen LogP contribution is -2.12. The molecule has 0 fully saturated rings. The number of furan rings is 1. The fourth-order valence-corrected chi connectivity index (χ4v) is 2.64. The monoisotopic (exact) mass is 404 g/mol. The van der Waals surface area contributed by atoms with Crippen LogP contribution in [0.25, 0.3) is 11.3 Å². The molecule has 1 aromatic carbocycles. The second kappa shape index (κ2) is 9.92. The van der Waals surface area contributed by atoms with Crippen molar-refractivity contribution in [3.05, 3.63) is 76.2 Å². The van der Waals surface area contributed by atoms with Gasteiger partial charge in [-0.1, -0.05) is 29.3 Å². The predicted molar refractivity (Wildman–Crippen MR) is 103 cm³/mol. The summed E-state index contributed by atoms with van der Waals surface area (Å²) in [6.07, 6.45) is 3.60. The second-order valence-electron chi connectivity index (χ2n) is 4.85. The lowest BCUT2D eigenvalue weighted by atomic mass is 10.2. The molecule has 7 heteroatoms. The van der Waals surface area contributed by atoms with Gasteiger partial charge in [0, 0.05) is 29.5 Å². The first-order valence-corrected chi connectivity index (χ1v) is 7.62. The Bertz CT molecular complexity index is 762. The number of rotatable bonds is 5. The summed E-state index contributed by atoms with van der Waals surface area (Å²) in [6.45, 7) is 1.38. The van der Waals surface area contributed by atoms with Crippen molar-refractivity contribution >= 4 is 48.0 Å². The van der Waals surface area contributed by atoms with E-state index in [1.54, 1.807) is 18.3 Å². The summed E-state index contributed by atoms with van der Waals surface area (Å²) < 4.78 is 5.82. The highest BCUT2D eigenvalue weighted by Crippen LogP contribution is 2.31. The fraction of sp³-hybridized carbons (Fsp3) is 0.118. The molecular weight excluding hydrogens is 390 g/mol. The molecule has 1 N–H and O–H groups in total. The van der Waals surface area contributed by atoms with Gasteiger partial charge in [-0.3, -0.25) is 4.98 Å². The van der Waals surface area contributed by atoms with Crippen molar-refractivity contribution in [1.29, 1.82) is 0 Å². The summed E-state index contributed by atoms with van der Waals surface area (Å²) in [4.78, 5) is 4.08. The Kier molecular flexibility index (Phi) is 8.60. The molecule has 2 aromatic heterocycles. The van der Waals surface area contributed by atoms with Crippen molar-refractivity contribution in [2.45, 2.75) is 13.1 Å². The van der Waals surface area contributed by atoms with Crippen LogP contribution in [0.1, 0.15) is 11.3 Å². The van der Waals surface area contributed by atoms with Crippen molar-refractivity contribution in [3.63, 3.8) is 0 Å². The second-order valence-corrected chi connectivity index (χ2v) is 5.70.